The molecule has 9 nitrogen and oxygen atoms in total. The number of hydrogen-bond acceptors (Lipinski definition) is 7. The van der Waals surface area contributed by atoms with Crippen LogP contribution in [0.3, 0.4) is 0 Å². The van der Waals surface area contributed by atoms with E-state index in [0.29, 0.717) is 16.9 Å². The number of hydrogen-bond donors (Lipinski definition) is 1. The number of nitro benzene ring substituents is 1. The van der Waals surface area contributed by atoms with Crippen LogP contribution in [0.25, 0.3) is 0 Å². The van der Waals surface area contributed by atoms with E-state index >= 15 is 0 Å². The summed E-state index contributed by atoms with van der Waals surface area (Å²) in [6.45, 7) is -0.0649. The van der Waals surface area contributed by atoms with Gasteiger partial charge in [0.25, 0.3) is 5.69 Å². The number of halogens is 1. The third kappa shape index (κ3) is 5.32. The first-order chi connectivity index (χ1) is 13.0. The van der Waals surface area contributed by atoms with Crippen molar-refractivity contribution in [2.75, 3.05) is 14.2 Å². The highest BCUT2D eigenvalue weighted by Gasteiger charge is 2.16. The molecule has 2 aromatic rings. The Hall–Kier alpha value is -3.33. The number of amides is 1. The Kier molecular flexibility index (Phi) is 6.95. The summed E-state index contributed by atoms with van der Waals surface area (Å²) in [5.41, 5.74) is 3.02. The molecule has 0 aliphatic rings. The fourth-order valence-electron chi connectivity index (χ4n) is 2.12. The lowest BCUT2D eigenvalue weighted by atomic mass is 10.2. The largest absolute Gasteiger partial charge is 0.493 e. The van der Waals surface area contributed by atoms with Crippen molar-refractivity contribution in [3.8, 4) is 11.5 Å². The average molecular weight is 394 g/mol. The van der Waals surface area contributed by atoms with Crippen LogP contribution in [0.2, 0.25) is 5.02 Å². The Labute approximate surface area is 159 Å². The van der Waals surface area contributed by atoms with E-state index in [2.05, 4.69) is 15.3 Å². The molecule has 1 amide bonds. The summed E-state index contributed by atoms with van der Waals surface area (Å²) < 4.78 is 15.3. The SMILES string of the molecule is COC(=O)NN=Cc1cc(Cl)c(OCc2ccccc2[N+](=O)[O-])c(OC)c1. The van der Waals surface area contributed by atoms with E-state index in [1.807, 2.05) is 0 Å². The molecule has 27 heavy (non-hydrogen) atoms. The van der Waals surface area contributed by atoms with E-state index in [-0.39, 0.29) is 23.1 Å². The van der Waals surface area contributed by atoms with Crippen molar-refractivity contribution >= 4 is 29.6 Å². The van der Waals surface area contributed by atoms with Gasteiger partial charge >= 0.3 is 6.09 Å². The summed E-state index contributed by atoms with van der Waals surface area (Å²) in [4.78, 5) is 21.6. The second-order valence-electron chi connectivity index (χ2n) is 5.07. The van der Waals surface area contributed by atoms with Gasteiger partial charge in [0, 0.05) is 6.07 Å². The maximum atomic E-state index is 11.1. The molecule has 0 aliphatic heterocycles. The molecule has 0 aliphatic carbocycles. The molecular formula is C17H16ClN3O6. The van der Waals surface area contributed by atoms with Crippen molar-refractivity contribution in [2.45, 2.75) is 6.61 Å². The van der Waals surface area contributed by atoms with Crippen molar-refractivity contribution in [3.05, 3.63) is 62.7 Å². The smallest absolute Gasteiger partial charge is 0.427 e. The van der Waals surface area contributed by atoms with Gasteiger partial charge < -0.3 is 14.2 Å². The third-order valence-corrected chi connectivity index (χ3v) is 3.65. The van der Waals surface area contributed by atoms with E-state index in [1.165, 1.54) is 26.5 Å². The molecule has 0 heterocycles. The summed E-state index contributed by atoms with van der Waals surface area (Å²) in [5, 5.41) is 15.0. The summed E-state index contributed by atoms with van der Waals surface area (Å²) in [7, 11) is 2.64. The van der Waals surface area contributed by atoms with Gasteiger partial charge in [-0.15, -0.1) is 0 Å². The van der Waals surface area contributed by atoms with Crippen LogP contribution in [0, 0.1) is 10.1 Å². The molecule has 0 unspecified atom stereocenters. The molecule has 142 valence electrons. The van der Waals surface area contributed by atoms with Gasteiger partial charge in [-0.1, -0.05) is 23.7 Å². The predicted octanol–water partition coefficient (Wildman–Crippen LogP) is 3.53. The lowest BCUT2D eigenvalue weighted by Gasteiger charge is -2.13. The first-order valence-corrected chi connectivity index (χ1v) is 7.93. The number of para-hydroxylation sites is 1. The first kappa shape index (κ1) is 20.0. The van der Waals surface area contributed by atoms with Gasteiger partial charge in [0.15, 0.2) is 11.5 Å². The lowest BCUT2D eigenvalue weighted by Crippen LogP contribution is -2.16. The van der Waals surface area contributed by atoms with E-state index in [1.54, 1.807) is 30.3 Å². The van der Waals surface area contributed by atoms with Gasteiger partial charge in [0.2, 0.25) is 0 Å². The zero-order chi connectivity index (χ0) is 19.8. The number of ether oxygens (including phenoxy) is 3. The lowest BCUT2D eigenvalue weighted by molar-refractivity contribution is -0.385. The predicted molar refractivity (Wildman–Crippen MR) is 98.6 cm³/mol. The van der Waals surface area contributed by atoms with Crippen molar-refractivity contribution in [2.24, 2.45) is 5.10 Å². The standard InChI is InChI=1S/C17H16ClN3O6/c1-25-15-8-11(9-19-20-17(22)26-2)7-13(18)16(15)27-10-12-5-3-4-6-14(12)21(23)24/h3-9H,10H2,1-2H3,(H,20,22). The summed E-state index contributed by atoms with van der Waals surface area (Å²) in [6.07, 6.45) is 0.630. The number of methoxy groups -OCH3 is 2. The van der Waals surface area contributed by atoms with E-state index in [9.17, 15) is 14.9 Å². The number of nitrogens with zero attached hydrogens (tertiary/aromatic N) is 2. The Morgan fingerprint density at radius 3 is 2.74 bits per heavy atom. The number of nitro groups is 1. The second-order valence-corrected chi connectivity index (χ2v) is 5.48. The zero-order valence-electron chi connectivity index (χ0n) is 14.5. The van der Waals surface area contributed by atoms with E-state index < -0.39 is 11.0 Å². The molecule has 0 aromatic heterocycles. The summed E-state index contributed by atoms with van der Waals surface area (Å²) in [6, 6.07) is 9.37. The first-order valence-electron chi connectivity index (χ1n) is 7.56. The Morgan fingerprint density at radius 1 is 1.33 bits per heavy atom. The van der Waals surface area contributed by atoms with Crippen LogP contribution in [0.4, 0.5) is 10.5 Å². The molecule has 1 N–H and O–H groups in total. The van der Waals surface area contributed by atoms with Crippen LogP contribution < -0.4 is 14.9 Å². The van der Waals surface area contributed by atoms with Crippen LogP contribution in [0.5, 0.6) is 11.5 Å². The van der Waals surface area contributed by atoms with Crippen LogP contribution in [0.1, 0.15) is 11.1 Å². The number of carbonyl (C=O) groups excluding carboxylic acids is 1. The molecule has 0 radical (unpaired) electrons. The topological polar surface area (TPSA) is 112 Å². The molecule has 0 fully saturated rings. The quantitative estimate of drug-likeness (QED) is 0.437. The Bertz CT molecular complexity index is 872. The molecule has 0 bridgehead atoms. The fourth-order valence-corrected chi connectivity index (χ4v) is 2.39. The van der Waals surface area contributed by atoms with E-state index in [0.717, 1.165) is 0 Å². The fraction of sp³-hybridized carbons (Fsp3) is 0.176. The minimum atomic E-state index is -0.714. The average Bonchev–Trinajstić information content (AvgIpc) is 2.66. The minimum Gasteiger partial charge on any atom is -0.493 e. The van der Waals surface area contributed by atoms with E-state index in [4.69, 9.17) is 21.1 Å². The van der Waals surface area contributed by atoms with Crippen LogP contribution >= 0.6 is 11.6 Å². The second kappa shape index (κ2) is 9.39. The van der Waals surface area contributed by atoms with Gasteiger partial charge in [-0.25, -0.2) is 10.2 Å². The summed E-state index contributed by atoms with van der Waals surface area (Å²) >= 11 is 6.24. The van der Waals surface area contributed by atoms with Crippen molar-refractivity contribution in [1.82, 2.24) is 5.43 Å². The highest BCUT2D eigenvalue weighted by Crippen LogP contribution is 2.37. The van der Waals surface area contributed by atoms with Crippen molar-refractivity contribution < 1.29 is 23.9 Å². The van der Waals surface area contributed by atoms with Crippen molar-refractivity contribution in [3.63, 3.8) is 0 Å². The van der Waals surface area contributed by atoms with Gasteiger partial charge in [-0.2, -0.15) is 5.10 Å². The number of nitrogens with one attached hydrogen (secondary N) is 1. The van der Waals surface area contributed by atoms with Gasteiger partial charge in [-0.05, 0) is 23.8 Å². The normalized spacial score (nSPS) is 10.5. The zero-order valence-corrected chi connectivity index (χ0v) is 15.2. The summed E-state index contributed by atoms with van der Waals surface area (Å²) in [5.74, 6) is 0.538. The monoisotopic (exact) mass is 393 g/mol. The minimum absolute atomic E-state index is 0.0507. The highest BCUT2D eigenvalue weighted by molar-refractivity contribution is 6.32. The maximum absolute atomic E-state index is 11.1. The Morgan fingerprint density at radius 2 is 2.07 bits per heavy atom. The van der Waals surface area contributed by atoms with Gasteiger partial charge in [-0.3, -0.25) is 10.1 Å². The number of carbonyl (C=O) groups is 1. The van der Waals surface area contributed by atoms with Crippen molar-refractivity contribution in [1.29, 1.82) is 0 Å². The number of benzene rings is 2. The number of hydrazone groups is 1. The Balaban J connectivity index is 2.20. The highest BCUT2D eigenvalue weighted by atomic mass is 35.5. The van der Waals surface area contributed by atoms with Crippen LogP contribution in [-0.2, 0) is 11.3 Å². The van der Waals surface area contributed by atoms with Gasteiger partial charge in [0.05, 0.1) is 35.9 Å². The van der Waals surface area contributed by atoms with Gasteiger partial charge in [0.1, 0.15) is 6.61 Å². The molecular weight excluding hydrogens is 378 g/mol. The molecule has 0 atom stereocenters. The third-order valence-electron chi connectivity index (χ3n) is 3.37. The molecule has 2 rings (SSSR count). The van der Waals surface area contributed by atoms with Crippen LogP contribution in [-0.4, -0.2) is 31.5 Å². The molecule has 10 heteroatoms. The van der Waals surface area contributed by atoms with Crippen LogP contribution in [0.15, 0.2) is 41.5 Å². The number of rotatable bonds is 7. The molecule has 0 spiro atoms. The molecule has 0 saturated carbocycles. The molecule has 2 aromatic carbocycles. The maximum Gasteiger partial charge on any atom is 0.427 e. The molecule has 0 saturated heterocycles.